The Bertz CT molecular complexity index is 1410. The monoisotopic (exact) mass is 619 g/mol. The second-order valence-electron chi connectivity index (χ2n) is 10.2. The Kier molecular flexibility index (Phi) is 12.9. The maximum atomic E-state index is 12.7. The predicted octanol–water partition coefficient (Wildman–Crippen LogP) is 0.123. The Morgan fingerprint density at radius 2 is 1.80 bits per heavy atom. The second kappa shape index (κ2) is 17.1. The largest absolute Gasteiger partial charge is 0.355 e. The molecular formula is C31H37N7O7. The van der Waals surface area contributed by atoms with Crippen molar-refractivity contribution in [1.29, 1.82) is 0 Å². The second-order valence-corrected chi connectivity index (χ2v) is 10.2. The fourth-order valence-electron chi connectivity index (χ4n) is 4.40. The molecule has 0 aromatic heterocycles. The van der Waals surface area contributed by atoms with E-state index in [0.717, 1.165) is 4.90 Å². The first kappa shape index (κ1) is 34.1. The Morgan fingerprint density at radius 3 is 2.47 bits per heavy atom. The molecule has 0 radical (unpaired) electrons. The molecule has 45 heavy (non-hydrogen) atoms. The zero-order valence-electron chi connectivity index (χ0n) is 24.9. The molecule has 1 unspecified atom stereocenters. The van der Waals surface area contributed by atoms with Crippen molar-refractivity contribution in [3.8, 4) is 0 Å². The smallest absolute Gasteiger partial charge is 0.255 e. The lowest BCUT2D eigenvalue weighted by molar-refractivity contribution is -0.137. The summed E-state index contributed by atoms with van der Waals surface area (Å²) in [7, 11) is 0. The first-order chi connectivity index (χ1) is 21.6. The van der Waals surface area contributed by atoms with E-state index < -0.39 is 17.9 Å². The van der Waals surface area contributed by atoms with Gasteiger partial charge in [-0.3, -0.25) is 38.5 Å². The average Bonchev–Trinajstić information content (AvgIpc) is 3.35. The first-order valence-corrected chi connectivity index (χ1v) is 14.4. The standard InChI is InChI=1S/C31H37N7O7/c1-3-21-17-24(10-11-25(21)35-19-39)37-31(45)22-6-8-23(9-7-22)36-27(41)18-34-30(44)20(2)32-14-15-33-26(40)5-4-16-38-28(42)12-13-29(38)43/h3,6-8,10-13,17,19-20,23,32H,1,4-5,9,14-16,18H2,2H3,(H,33,40)(H,34,44)(H,35,39)(H,36,41)(H,37,45)/t20-,23?/m0/s1. The Morgan fingerprint density at radius 1 is 1.04 bits per heavy atom. The predicted molar refractivity (Wildman–Crippen MR) is 167 cm³/mol. The van der Waals surface area contributed by atoms with Crippen LogP contribution in [0.25, 0.3) is 6.08 Å². The highest BCUT2D eigenvalue weighted by atomic mass is 16.2. The van der Waals surface area contributed by atoms with Crippen LogP contribution >= 0.6 is 0 Å². The number of imide groups is 1. The summed E-state index contributed by atoms with van der Waals surface area (Å²) in [5, 5.41) is 16.4. The van der Waals surface area contributed by atoms with Crippen LogP contribution in [0.4, 0.5) is 11.4 Å². The molecule has 0 spiro atoms. The van der Waals surface area contributed by atoms with Gasteiger partial charge in [-0.1, -0.05) is 30.9 Å². The van der Waals surface area contributed by atoms with E-state index in [-0.39, 0.29) is 55.7 Å². The van der Waals surface area contributed by atoms with E-state index in [1.807, 2.05) is 0 Å². The fraction of sp³-hybridized carbons (Fsp3) is 0.323. The number of carbonyl (C=O) groups excluding carboxylic acids is 7. The Balaban J connectivity index is 1.28. The molecule has 6 N–H and O–H groups in total. The highest BCUT2D eigenvalue weighted by Gasteiger charge is 2.23. The van der Waals surface area contributed by atoms with Crippen molar-refractivity contribution < 1.29 is 33.6 Å². The Labute approximate surface area is 260 Å². The van der Waals surface area contributed by atoms with Crippen LogP contribution in [-0.4, -0.2) is 85.0 Å². The molecule has 14 nitrogen and oxygen atoms in total. The lowest BCUT2D eigenvalue weighted by atomic mass is 10.0. The zero-order chi connectivity index (χ0) is 32.8. The van der Waals surface area contributed by atoms with E-state index in [9.17, 15) is 33.6 Å². The number of benzene rings is 1. The van der Waals surface area contributed by atoms with Crippen LogP contribution in [0.15, 0.2) is 60.7 Å². The number of rotatable bonds is 17. The van der Waals surface area contributed by atoms with Crippen molar-refractivity contribution in [2.24, 2.45) is 0 Å². The summed E-state index contributed by atoms with van der Waals surface area (Å²) in [5.41, 5.74) is 2.17. The molecule has 1 aromatic carbocycles. The van der Waals surface area contributed by atoms with Gasteiger partial charge < -0.3 is 31.9 Å². The summed E-state index contributed by atoms with van der Waals surface area (Å²) in [6, 6.07) is 4.03. The van der Waals surface area contributed by atoms with Gasteiger partial charge in [-0.05, 0) is 43.5 Å². The molecule has 2 aliphatic rings. The third-order valence-electron chi connectivity index (χ3n) is 6.85. The topological polar surface area (TPSA) is 195 Å². The van der Waals surface area contributed by atoms with Crippen LogP contribution in [-0.2, 0) is 33.6 Å². The number of nitrogens with zero attached hydrogens (tertiary/aromatic N) is 1. The quantitative estimate of drug-likeness (QED) is 0.0804. The van der Waals surface area contributed by atoms with E-state index >= 15 is 0 Å². The average molecular weight is 620 g/mol. The van der Waals surface area contributed by atoms with E-state index in [0.29, 0.717) is 48.3 Å². The maximum Gasteiger partial charge on any atom is 0.255 e. The lowest BCUT2D eigenvalue weighted by Crippen LogP contribution is -2.48. The van der Waals surface area contributed by atoms with Crippen molar-refractivity contribution in [1.82, 2.24) is 26.2 Å². The molecule has 0 saturated heterocycles. The van der Waals surface area contributed by atoms with Gasteiger partial charge in [0, 0.05) is 55.2 Å². The molecule has 0 bridgehead atoms. The number of nitrogens with one attached hydrogen (secondary N) is 6. The number of carbonyl (C=O) groups is 7. The number of hydrogen-bond acceptors (Lipinski definition) is 8. The van der Waals surface area contributed by atoms with Gasteiger partial charge in [0.15, 0.2) is 0 Å². The van der Waals surface area contributed by atoms with Crippen LogP contribution in [0.5, 0.6) is 0 Å². The van der Waals surface area contributed by atoms with Crippen molar-refractivity contribution in [2.75, 3.05) is 36.8 Å². The van der Waals surface area contributed by atoms with E-state index in [1.165, 1.54) is 12.2 Å². The summed E-state index contributed by atoms with van der Waals surface area (Å²) in [5.74, 6) is -2.12. The molecule has 1 aromatic rings. The summed E-state index contributed by atoms with van der Waals surface area (Å²) < 4.78 is 0. The van der Waals surface area contributed by atoms with Crippen LogP contribution in [0.2, 0.25) is 0 Å². The van der Waals surface area contributed by atoms with E-state index in [4.69, 9.17) is 0 Å². The van der Waals surface area contributed by atoms with Gasteiger partial charge >= 0.3 is 0 Å². The molecule has 14 heteroatoms. The van der Waals surface area contributed by atoms with Gasteiger partial charge in [0.1, 0.15) is 0 Å². The number of hydrogen-bond donors (Lipinski definition) is 6. The minimum atomic E-state index is -0.618. The SMILES string of the molecule is C=Cc1cc(NC(=O)C2=CCC(NC(=O)CNC(=O)[C@H](C)NCCNC(=O)CCCN3C(=O)C=CC3=O)C=C2)ccc1NC=O. The van der Waals surface area contributed by atoms with Gasteiger partial charge in [-0.2, -0.15) is 0 Å². The highest BCUT2D eigenvalue weighted by molar-refractivity contribution is 6.12. The molecule has 1 aliphatic carbocycles. The summed E-state index contributed by atoms with van der Waals surface area (Å²) in [6.07, 6.45) is 10.4. The van der Waals surface area contributed by atoms with Crippen molar-refractivity contribution in [3.05, 3.63) is 66.3 Å². The summed E-state index contributed by atoms with van der Waals surface area (Å²) >= 11 is 0. The van der Waals surface area contributed by atoms with Gasteiger partial charge in [-0.15, -0.1) is 0 Å². The summed E-state index contributed by atoms with van der Waals surface area (Å²) in [4.78, 5) is 84.2. The van der Waals surface area contributed by atoms with Crippen LogP contribution in [0.3, 0.4) is 0 Å². The van der Waals surface area contributed by atoms with Crippen molar-refractivity contribution in [2.45, 2.75) is 38.3 Å². The van der Waals surface area contributed by atoms with Crippen LogP contribution in [0.1, 0.15) is 31.7 Å². The minimum Gasteiger partial charge on any atom is -0.355 e. The fourth-order valence-corrected chi connectivity index (χ4v) is 4.40. The normalized spacial score (nSPS) is 16.0. The maximum absolute atomic E-state index is 12.7. The molecule has 1 aliphatic heterocycles. The summed E-state index contributed by atoms with van der Waals surface area (Å²) in [6.45, 7) is 5.85. The van der Waals surface area contributed by atoms with Gasteiger partial charge in [0.05, 0.1) is 18.6 Å². The van der Waals surface area contributed by atoms with E-state index in [2.05, 4.69) is 38.5 Å². The highest BCUT2D eigenvalue weighted by Crippen LogP contribution is 2.22. The molecule has 1 heterocycles. The molecule has 2 atom stereocenters. The third kappa shape index (κ3) is 10.7. The zero-order valence-corrected chi connectivity index (χ0v) is 24.9. The molecule has 7 amide bonds. The number of anilines is 2. The van der Waals surface area contributed by atoms with Crippen molar-refractivity contribution >= 4 is 59.3 Å². The molecular weight excluding hydrogens is 582 g/mol. The molecule has 0 fully saturated rings. The third-order valence-corrected chi connectivity index (χ3v) is 6.85. The first-order valence-electron chi connectivity index (χ1n) is 14.4. The molecule has 3 rings (SSSR count). The van der Waals surface area contributed by atoms with Crippen LogP contribution < -0.4 is 31.9 Å². The lowest BCUT2D eigenvalue weighted by Gasteiger charge is -2.19. The van der Waals surface area contributed by atoms with Gasteiger partial charge in [-0.25, -0.2) is 0 Å². The minimum absolute atomic E-state index is 0.149. The van der Waals surface area contributed by atoms with E-state index in [1.54, 1.807) is 49.4 Å². The van der Waals surface area contributed by atoms with Crippen molar-refractivity contribution in [3.63, 3.8) is 0 Å². The van der Waals surface area contributed by atoms with Gasteiger partial charge in [0.25, 0.3) is 17.7 Å². The van der Waals surface area contributed by atoms with Gasteiger partial charge in [0.2, 0.25) is 24.1 Å². The Hall–Kier alpha value is -5.37. The molecule has 0 saturated carbocycles. The molecule has 238 valence electrons. The van der Waals surface area contributed by atoms with Crippen LogP contribution in [0, 0.1) is 0 Å². The number of amides is 7.